The third-order valence-electron chi connectivity index (χ3n) is 4.64. The van der Waals surface area contributed by atoms with Crippen molar-refractivity contribution in [2.45, 2.75) is 45.3 Å². The number of pyridine rings is 2. The molecule has 0 saturated carbocycles. The molecule has 8 nitrogen and oxygen atoms in total. The molecular formula is C21H23F4N5O3. The zero-order valence-electron chi connectivity index (χ0n) is 17.9. The molecule has 12 heteroatoms. The van der Waals surface area contributed by atoms with Crippen LogP contribution in [0.1, 0.15) is 23.7 Å². The lowest BCUT2D eigenvalue weighted by atomic mass is 10.2. The summed E-state index contributed by atoms with van der Waals surface area (Å²) in [5.41, 5.74) is 2.24. The minimum absolute atomic E-state index is 0.0195. The molecule has 2 N–H and O–H groups in total. The van der Waals surface area contributed by atoms with Gasteiger partial charge in [0, 0.05) is 36.1 Å². The van der Waals surface area contributed by atoms with Gasteiger partial charge in [-0.2, -0.15) is 13.9 Å². The molecule has 0 spiro atoms. The van der Waals surface area contributed by atoms with Gasteiger partial charge < -0.3 is 15.2 Å². The van der Waals surface area contributed by atoms with Crippen molar-refractivity contribution in [2.75, 3.05) is 13.2 Å². The molecule has 0 radical (unpaired) electrons. The third kappa shape index (κ3) is 6.37. The number of carbonyl (C=O) groups excluding carboxylic acids is 1. The Morgan fingerprint density at radius 2 is 2.09 bits per heavy atom. The number of rotatable bonds is 10. The second-order valence-electron chi connectivity index (χ2n) is 7.66. The second-order valence-corrected chi connectivity index (χ2v) is 7.66. The summed E-state index contributed by atoms with van der Waals surface area (Å²) in [6.07, 6.45) is 0.195. The number of aliphatic hydroxyl groups excluding tert-OH is 1. The maximum atomic E-state index is 13.1. The Balaban J connectivity index is 1.71. The fraction of sp³-hybridized carbons (Fsp3) is 0.429. The van der Waals surface area contributed by atoms with Gasteiger partial charge in [0.1, 0.15) is 0 Å². The van der Waals surface area contributed by atoms with Crippen molar-refractivity contribution in [3.63, 3.8) is 0 Å². The first kappa shape index (κ1) is 24.4. The summed E-state index contributed by atoms with van der Waals surface area (Å²) < 4.78 is 57.1. The van der Waals surface area contributed by atoms with Crippen LogP contribution in [-0.4, -0.2) is 62.4 Å². The Morgan fingerprint density at radius 3 is 2.76 bits per heavy atom. The quantitative estimate of drug-likeness (QED) is 0.443. The molecular weight excluding hydrogens is 446 g/mol. The Labute approximate surface area is 186 Å². The van der Waals surface area contributed by atoms with E-state index in [0.29, 0.717) is 27.7 Å². The van der Waals surface area contributed by atoms with Gasteiger partial charge in [-0.25, -0.2) is 13.8 Å². The highest BCUT2D eigenvalue weighted by atomic mass is 19.3. The highest BCUT2D eigenvalue weighted by Gasteiger charge is 2.42. The van der Waals surface area contributed by atoms with E-state index in [1.807, 2.05) is 0 Å². The predicted octanol–water partition coefficient (Wildman–Crippen LogP) is 2.50. The Hall–Kier alpha value is -3.28. The largest absolute Gasteiger partial charge is 0.471 e. The number of aliphatic hydroxyl groups is 1. The van der Waals surface area contributed by atoms with Crippen LogP contribution in [0.2, 0.25) is 0 Å². The van der Waals surface area contributed by atoms with Crippen LogP contribution >= 0.6 is 0 Å². The van der Waals surface area contributed by atoms with E-state index in [2.05, 4.69) is 20.4 Å². The predicted molar refractivity (Wildman–Crippen MR) is 110 cm³/mol. The van der Waals surface area contributed by atoms with Crippen molar-refractivity contribution in [2.24, 2.45) is 0 Å². The Bertz CT molecular complexity index is 1120. The number of fused-ring (bicyclic) bond motifs is 1. The highest BCUT2D eigenvalue weighted by molar-refractivity contribution is 5.86. The summed E-state index contributed by atoms with van der Waals surface area (Å²) in [7, 11) is 0. The summed E-state index contributed by atoms with van der Waals surface area (Å²) in [4.78, 5) is 20.3. The average molecular weight is 469 g/mol. The number of nitrogens with one attached hydrogen (secondary N) is 1. The zero-order chi connectivity index (χ0) is 24.2. The summed E-state index contributed by atoms with van der Waals surface area (Å²) in [6.45, 7) is 2.09. The third-order valence-corrected chi connectivity index (χ3v) is 4.64. The van der Waals surface area contributed by atoms with Crippen LogP contribution < -0.4 is 10.1 Å². The first-order valence-corrected chi connectivity index (χ1v) is 10.0. The zero-order valence-corrected chi connectivity index (χ0v) is 17.9. The Kier molecular flexibility index (Phi) is 7.46. The smallest absolute Gasteiger partial charge is 0.340 e. The normalized spacial score (nSPS) is 12.8. The fourth-order valence-electron chi connectivity index (χ4n) is 3.02. The molecule has 0 aliphatic heterocycles. The molecule has 0 fully saturated rings. The number of carbonyl (C=O) groups is 1. The lowest BCUT2D eigenvalue weighted by Crippen LogP contribution is -2.34. The van der Waals surface area contributed by atoms with E-state index in [4.69, 9.17) is 4.74 Å². The molecule has 0 aliphatic carbocycles. The minimum Gasteiger partial charge on any atom is -0.471 e. The maximum absolute atomic E-state index is 13.1. The topological polar surface area (TPSA) is 102 Å². The Morgan fingerprint density at radius 1 is 1.33 bits per heavy atom. The summed E-state index contributed by atoms with van der Waals surface area (Å²) >= 11 is 0. The van der Waals surface area contributed by atoms with Crippen molar-refractivity contribution in [3.8, 4) is 5.88 Å². The number of aryl methyl sites for hydroxylation is 1. The van der Waals surface area contributed by atoms with Crippen LogP contribution in [0.15, 0.2) is 30.7 Å². The molecule has 178 valence electrons. The number of halogens is 4. The monoisotopic (exact) mass is 469 g/mol. The lowest BCUT2D eigenvalue weighted by Gasteiger charge is -2.16. The standard InChI is InChI=1S/C21H23F4N5O3/c1-12-5-14(8-28-19(12)33-11-21(24,25)20(22)23)9-30-10-15-16(29-30)3-4-26-17(15)6-18(32)27-7-13(2)31/h3-5,8,10,13,20,31H,6-7,9,11H2,1-2H3,(H,27,32)/t13-/m0/s1. The minimum atomic E-state index is -4.26. The molecule has 33 heavy (non-hydrogen) atoms. The molecule has 3 aromatic heterocycles. The molecule has 1 amide bonds. The number of hydrogen-bond acceptors (Lipinski definition) is 6. The molecule has 3 rings (SSSR count). The van der Waals surface area contributed by atoms with Crippen LogP contribution in [-0.2, 0) is 17.8 Å². The highest BCUT2D eigenvalue weighted by Crippen LogP contribution is 2.25. The van der Waals surface area contributed by atoms with Crippen molar-refractivity contribution >= 4 is 16.8 Å². The number of hydrogen-bond donors (Lipinski definition) is 2. The van der Waals surface area contributed by atoms with Gasteiger partial charge in [0.2, 0.25) is 11.8 Å². The molecule has 0 saturated heterocycles. The van der Waals surface area contributed by atoms with E-state index in [-0.39, 0.29) is 31.3 Å². The number of ether oxygens (including phenoxy) is 1. The van der Waals surface area contributed by atoms with Gasteiger partial charge >= 0.3 is 12.3 Å². The van der Waals surface area contributed by atoms with Gasteiger partial charge in [-0.15, -0.1) is 0 Å². The van der Waals surface area contributed by atoms with Crippen molar-refractivity contribution in [1.82, 2.24) is 25.1 Å². The van der Waals surface area contributed by atoms with Crippen LogP contribution in [0.4, 0.5) is 17.6 Å². The number of nitrogens with zero attached hydrogens (tertiary/aromatic N) is 4. The lowest BCUT2D eigenvalue weighted by molar-refractivity contribution is -0.148. The first-order chi connectivity index (χ1) is 15.5. The van der Waals surface area contributed by atoms with Crippen LogP contribution in [0.3, 0.4) is 0 Å². The van der Waals surface area contributed by atoms with Crippen LogP contribution in [0.25, 0.3) is 10.9 Å². The molecule has 0 aliphatic rings. The molecule has 0 aromatic carbocycles. The molecule has 0 bridgehead atoms. The van der Waals surface area contributed by atoms with Gasteiger partial charge in [0.25, 0.3) is 0 Å². The number of aromatic nitrogens is 4. The summed E-state index contributed by atoms with van der Waals surface area (Å²) in [5, 5.41) is 17.0. The van der Waals surface area contributed by atoms with Gasteiger partial charge in [0.15, 0.2) is 6.61 Å². The molecule has 3 aromatic rings. The number of alkyl halides is 4. The van der Waals surface area contributed by atoms with E-state index in [0.717, 1.165) is 0 Å². The van der Waals surface area contributed by atoms with Gasteiger partial charge in [-0.3, -0.25) is 14.5 Å². The average Bonchev–Trinajstić information content (AvgIpc) is 3.15. The number of amides is 1. The second kappa shape index (κ2) is 10.1. The SMILES string of the molecule is Cc1cc(Cn2cc3c(CC(=O)NC[C@H](C)O)nccc3n2)cnc1OCC(F)(F)C(F)F. The maximum Gasteiger partial charge on any atom is 0.340 e. The van der Waals surface area contributed by atoms with Crippen LogP contribution in [0.5, 0.6) is 5.88 Å². The molecule has 1 atom stereocenters. The van der Waals surface area contributed by atoms with Crippen LogP contribution in [0, 0.1) is 6.92 Å². The van der Waals surface area contributed by atoms with Crippen molar-refractivity contribution in [3.05, 3.63) is 47.5 Å². The summed E-state index contributed by atoms with van der Waals surface area (Å²) in [5.74, 6) is -4.70. The summed E-state index contributed by atoms with van der Waals surface area (Å²) in [6, 6.07) is 3.34. The van der Waals surface area contributed by atoms with Crippen molar-refractivity contribution < 1.29 is 32.2 Å². The van der Waals surface area contributed by atoms with E-state index in [1.165, 1.54) is 6.20 Å². The van der Waals surface area contributed by atoms with Crippen molar-refractivity contribution in [1.29, 1.82) is 0 Å². The van der Waals surface area contributed by atoms with E-state index in [9.17, 15) is 27.5 Å². The van der Waals surface area contributed by atoms with E-state index in [1.54, 1.807) is 43.1 Å². The van der Waals surface area contributed by atoms with Gasteiger partial charge in [-0.05, 0) is 31.5 Å². The molecule has 3 heterocycles. The van der Waals surface area contributed by atoms with E-state index < -0.39 is 25.1 Å². The fourth-order valence-corrected chi connectivity index (χ4v) is 3.02. The molecule has 0 unspecified atom stereocenters. The van der Waals surface area contributed by atoms with E-state index >= 15 is 0 Å². The van der Waals surface area contributed by atoms with Gasteiger partial charge in [-0.1, -0.05) is 0 Å². The first-order valence-electron chi connectivity index (χ1n) is 10.0. The van der Waals surface area contributed by atoms with Gasteiger partial charge in [0.05, 0.1) is 30.3 Å².